The molecule has 0 aliphatic heterocycles. The first-order valence-corrected chi connectivity index (χ1v) is 7.18. The molecule has 0 fully saturated rings. The molecule has 0 atom stereocenters. The van der Waals surface area contributed by atoms with Gasteiger partial charge in [-0.1, -0.05) is 12.3 Å². The van der Waals surface area contributed by atoms with Gasteiger partial charge < -0.3 is 4.98 Å². The molecule has 0 unspecified atom stereocenters. The Morgan fingerprint density at radius 3 is 2.40 bits per heavy atom. The molecular formula is C4H7BCl3NSi. The fraction of sp³-hybridized carbons (Fsp3) is 0. The van der Waals surface area contributed by atoms with Gasteiger partial charge in [0.1, 0.15) is 0 Å². The van der Waals surface area contributed by atoms with Crippen LogP contribution in [0.25, 0.3) is 0 Å². The molecule has 0 aliphatic carbocycles. The molecule has 0 heterocycles. The van der Waals surface area contributed by atoms with Crippen LogP contribution in [0.1, 0.15) is 0 Å². The molecule has 0 radical (unpaired) electrons. The van der Waals surface area contributed by atoms with Crippen molar-refractivity contribution in [3.63, 3.8) is 0 Å². The molecule has 0 saturated heterocycles. The lowest BCUT2D eigenvalue weighted by molar-refractivity contribution is 1.31. The van der Waals surface area contributed by atoms with Crippen molar-refractivity contribution in [3.8, 4) is 0 Å². The third-order valence-electron chi connectivity index (χ3n) is 0.761. The first-order valence-electron chi connectivity index (χ1n) is 2.55. The lowest BCUT2D eigenvalue weighted by Crippen LogP contribution is -2.38. The average molecular weight is 214 g/mol. The van der Waals surface area contributed by atoms with Gasteiger partial charge in [0.25, 0.3) is 6.69 Å². The molecular weight excluding hydrogens is 207 g/mol. The van der Waals surface area contributed by atoms with Crippen LogP contribution in [0.2, 0.25) is 0 Å². The van der Waals surface area contributed by atoms with Crippen molar-refractivity contribution in [2.24, 2.45) is 0 Å². The summed E-state index contributed by atoms with van der Waals surface area (Å²) in [6.07, 6.45) is 0. The van der Waals surface area contributed by atoms with E-state index in [1.54, 1.807) is 0 Å². The van der Waals surface area contributed by atoms with Crippen molar-refractivity contribution >= 4 is 47.2 Å². The first-order chi connectivity index (χ1) is 4.52. The third kappa shape index (κ3) is 4.28. The Morgan fingerprint density at radius 1 is 1.60 bits per heavy atom. The quantitative estimate of drug-likeness (QED) is 0.555. The highest BCUT2D eigenvalue weighted by Gasteiger charge is 2.24. The van der Waals surface area contributed by atoms with Crippen molar-refractivity contribution < 1.29 is 0 Å². The Hall–Kier alpha value is 0.432. The van der Waals surface area contributed by atoms with Crippen LogP contribution in [0.5, 0.6) is 0 Å². The zero-order chi connectivity index (χ0) is 8.20. The predicted octanol–water partition coefficient (Wildman–Crippen LogP) is 1.78. The van der Waals surface area contributed by atoms with Crippen molar-refractivity contribution in [1.82, 2.24) is 4.98 Å². The summed E-state index contributed by atoms with van der Waals surface area (Å²) in [6, 6.07) is 0. The largest absolute Gasteiger partial charge is 0.394 e. The molecule has 0 aromatic carbocycles. The van der Waals surface area contributed by atoms with Crippen molar-refractivity contribution in [1.29, 1.82) is 0 Å². The summed E-state index contributed by atoms with van der Waals surface area (Å²) >= 11 is 16.9. The first kappa shape index (κ1) is 10.4. The van der Waals surface area contributed by atoms with E-state index in [4.69, 9.17) is 33.6 Å². The summed E-state index contributed by atoms with van der Waals surface area (Å²) in [7, 11) is 0. The van der Waals surface area contributed by atoms with Gasteiger partial charge in [-0.2, -0.15) is 11.5 Å². The van der Waals surface area contributed by atoms with E-state index in [1.165, 1.54) is 5.70 Å². The summed E-state index contributed by atoms with van der Waals surface area (Å²) in [5, 5.41) is 0. The molecule has 0 saturated carbocycles. The van der Waals surface area contributed by atoms with E-state index in [1.807, 2.05) is 0 Å². The Morgan fingerprint density at radius 2 is 2.10 bits per heavy atom. The highest BCUT2D eigenvalue weighted by Crippen LogP contribution is 2.12. The maximum absolute atomic E-state index is 5.75. The summed E-state index contributed by atoms with van der Waals surface area (Å²) in [6.45, 7) is 4.87. The number of hydrogen-bond donors (Lipinski definition) is 1. The normalized spacial score (nSPS) is 10.3. The fourth-order valence-electron chi connectivity index (χ4n) is 0.320. The predicted molar refractivity (Wildman–Crippen MR) is 52.9 cm³/mol. The zero-order valence-electron chi connectivity index (χ0n) is 5.33. The number of nitrogens with one attached hydrogen (secondary N) is 1. The second kappa shape index (κ2) is 4.34. The molecule has 56 valence electrons. The molecule has 0 rings (SSSR count). The summed E-state index contributed by atoms with van der Waals surface area (Å²) in [5.74, 6) is 0. The lowest BCUT2D eigenvalue weighted by Gasteiger charge is -2.14. The molecule has 10 heavy (non-hydrogen) atoms. The number of hydrogen-bond acceptors (Lipinski definition) is 1. The van der Waals surface area contributed by atoms with Crippen LogP contribution in [0.15, 0.2) is 24.5 Å². The summed E-state index contributed by atoms with van der Waals surface area (Å²) in [5.41, 5.74) is 2.12. The molecule has 0 aliphatic rings. The van der Waals surface area contributed by atoms with Gasteiger partial charge in [0, 0.05) is 0 Å². The molecule has 0 bridgehead atoms. The van der Waals surface area contributed by atoms with Crippen LogP contribution >= 0.6 is 33.6 Å². The smallest absolute Gasteiger partial charge is 0.374 e. The van der Waals surface area contributed by atoms with Crippen LogP contribution in [-0.4, -0.2) is 13.5 Å². The maximum Gasteiger partial charge on any atom is 0.374 e. The summed E-state index contributed by atoms with van der Waals surface area (Å²) in [4.78, 5) is 2.78. The van der Waals surface area contributed by atoms with E-state index in [0.29, 0.717) is 12.3 Å². The zero-order valence-corrected chi connectivity index (χ0v) is 8.60. The van der Waals surface area contributed by atoms with E-state index < -0.39 is 6.86 Å². The standard InChI is InChI=1S/C4H7BCl3NSi/c1-3-10(7,8)9-4(2)5-6/h3,5,9H,1-2H2. The van der Waals surface area contributed by atoms with Crippen molar-refractivity contribution in [2.75, 3.05) is 0 Å². The number of rotatable bonds is 4. The van der Waals surface area contributed by atoms with E-state index in [9.17, 15) is 0 Å². The van der Waals surface area contributed by atoms with Crippen molar-refractivity contribution in [2.45, 2.75) is 0 Å². The molecule has 1 nitrogen and oxygen atoms in total. The molecule has 0 aromatic rings. The Kier molecular flexibility index (Phi) is 4.53. The Balaban J connectivity index is 3.88. The molecule has 0 aromatic heterocycles. The second-order valence-corrected chi connectivity index (χ2v) is 8.02. The van der Waals surface area contributed by atoms with E-state index in [2.05, 4.69) is 18.1 Å². The van der Waals surface area contributed by atoms with E-state index in [0.717, 1.165) is 0 Å². The minimum absolute atomic E-state index is 0.308. The molecule has 0 amide bonds. The highest BCUT2D eigenvalue weighted by atomic mass is 35.7. The lowest BCUT2D eigenvalue weighted by atomic mass is 10.1. The SMILES string of the molecule is C=C[Si](Cl)(Cl)NC(=C)BCl. The molecule has 1 N–H and O–H groups in total. The minimum Gasteiger partial charge on any atom is -0.394 e. The van der Waals surface area contributed by atoms with Crippen LogP contribution < -0.4 is 4.98 Å². The Labute approximate surface area is 76.7 Å². The monoisotopic (exact) mass is 213 g/mol. The van der Waals surface area contributed by atoms with Gasteiger partial charge >= 0.3 is 6.86 Å². The maximum atomic E-state index is 5.75. The average Bonchev–Trinajstić information content (AvgIpc) is 1.87. The van der Waals surface area contributed by atoms with Crippen molar-refractivity contribution in [3.05, 3.63) is 24.5 Å². The topological polar surface area (TPSA) is 12.0 Å². The second-order valence-electron chi connectivity index (χ2n) is 1.69. The van der Waals surface area contributed by atoms with Crippen LogP contribution in [0, 0.1) is 0 Å². The van der Waals surface area contributed by atoms with Gasteiger partial charge in [-0.15, -0.1) is 28.7 Å². The fourth-order valence-corrected chi connectivity index (χ4v) is 1.96. The van der Waals surface area contributed by atoms with Crippen LogP contribution in [0.4, 0.5) is 0 Å². The van der Waals surface area contributed by atoms with Gasteiger partial charge in [-0.25, -0.2) is 0 Å². The third-order valence-corrected chi connectivity index (χ3v) is 3.78. The Bertz CT molecular complexity index is 149. The van der Waals surface area contributed by atoms with Gasteiger partial charge in [0.2, 0.25) is 0 Å². The summed E-state index contributed by atoms with van der Waals surface area (Å²) < 4.78 is 0. The van der Waals surface area contributed by atoms with E-state index >= 15 is 0 Å². The van der Waals surface area contributed by atoms with E-state index in [-0.39, 0.29) is 0 Å². The molecule has 6 heteroatoms. The van der Waals surface area contributed by atoms with Gasteiger partial charge in [0.15, 0.2) is 0 Å². The van der Waals surface area contributed by atoms with Gasteiger partial charge in [0.05, 0.1) is 0 Å². The minimum atomic E-state index is -2.49. The van der Waals surface area contributed by atoms with Crippen LogP contribution in [-0.2, 0) is 0 Å². The van der Waals surface area contributed by atoms with Gasteiger partial charge in [-0.3, -0.25) is 0 Å². The van der Waals surface area contributed by atoms with Gasteiger partial charge in [-0.05, 0) is 5.60 Å². The highest BCUT2D eigenvalue weighted by molar-refractivity contribution is 7.46. The molecule has 0 spiro atoms. The number of halogens is 3. The van der Waals surface area contributed by atoms with Crippen LogP contribution in [0.3, 0.4) is 0 Å².